The fourth-order valence-electron chi connectivity index (χ4n) is 5.07. The molecule has 174 valence electrons. The fourth-order valence-corrected chi connectivity index (χ4v) is 5.94. The van der Waals surface area contributed by atoms with Gasteiger partial charge in [0.25, 0.3) is 0 Å². The molecule has 6 heteroatoms. The summed E-state index contributed by atoms with van der Waals surface area (Å²) in [5, 5.41) is 2.70. The molecule has 32 heavy (non-hydrogen) atoms. The van der Waals surface area contributed by atoms with Gasteiger partial charge in [0.05, 0.1) is 0 Å². The molecule has 4 nitrogen and oxygen atoms in total. The number of likely N-dealkylation sites (N-methyl/N-ethyl adjacent to an activating group) is 1. The maximum Gasteiger partial charge on any atom is 0.149 e. The number of rotatable bonds is 8. The lowest BCUT2D eigenvalue weighted by Gasteiger charge is -2.34. The third kappa shape index (κ3) is 5.91. The second kappa shape index (κ2) is 10.9. The molecule has 0 spiro atoms. The minimum atomic E-state index is 0.599. The number of piperazine rings is 1. The van der Waals surface area contributed by atoms with Gasteiger partial charge < -0.3 is 14.6 Å². The Labute approximate surface area is 211 Å². The standard InChI is InChI=1S/C26H35ClIN3O/c1-19-14-21(7-9-30(3)32-24-16-20(6-8-28)15-22(27)17-24)25-5-4-23(18-26(19)25)31-12-10-29(2)11-13-31/h4-5,15-19,21H,6-14H2,1-3H3/t19-,21-/m1/s1. The van der Waals surface area contributed by atoms with Crippen molar-refractivity contribution in [3.05, 3.63) is 58.1 Å². The van der Waals surface area contributed by atoms with E-state index in [1.165, 1.54) is 23.2 Å². The molecule has 1 aliphatic heterocycles. The van der Waals surface area contributed by atoms with E-state index in [-0.39, 0.29) is 0 Å². The van der Waals surface area contributed by atoms with Crippen molar-refractivity contribution in [2.75, 3.05) is 56.1 Å². The summed E-state index contributed by atoms with van der Waals surface area (Å²) in [5.74, 6) is 2.05. The van der Waals surface area contributed by atoms with Gasteiger partial charge in [-0.2, -0.15) is 0 Å². The highest BCUT2D eigenvalue weighted by Gasteiger charge is 2.29. The van der Waals surface area contributed by atoms with Crippen molar-refractivity contribution in [3.63, 3.8) is 0 Å². The van der Waals surface area contributed by atoms with E-state index in [1.807, 2.05) is 24.2 Å². The molecular formula is C26H35ClIN3O. The van der Waals surface area contributed by atoms with Crippen LogP contribution in [0.25, 0.3) is 0 Å². The Kier molecular flexibility index (Phi) is 8.24. The summed E-state index contributed by atoms with van der Waals surface area (Å²) in [6.07, 6.45) is 3.34. The van der Waals surface area contributed by atoms with Gasteiger partial charge in [-0.1, -0.05) is 47.2 Å². The van der Waals surface area contributed by atoms with E-state index < -0.39 is 0 Å². The minimum Gasteiger partial charge on any atom is -0.406 e. The van der Waals surface area contributed by atoms with Gasteiger partial charge in [-0.15, -0.1) is 5.06 Å². The molecule has 1 saturated heterocycles. The number of aryl methyl sites for hydroxylation is 1. The molecule has 4 rings (SSSR count). The van der Waals surface area contributed by atoms with Crippen molar-refractivity contribution in [2.45, 2.75) is 38.0 Å². The van der Waals surface area contributed by atoms with E-state index in [0.717, 1.165) is 60.8 Å². The van der Waals surface area contributed by atoms with Crippen LogP contribution in [-0.4, -0.2) is 61.2 Å². The number of fused-ring (bicyclic) bond motifs is 1. The Morgan fingerprint density at radius 1 is 1.09 bits per heavy atom. The molecular weight excluding hydrogens is 533 g/mol. The third-order valence-electron chi connectivity index (χ3n) is 6.92. The number of benzene rings is 2. The number of hydroxylamine groups is 2. The Morgan fingerprint density at radius 2 is 1.88 bits per heavy atom. The molecule has 0 saturated carbocycles. The average molecular weight is 568 g/mol. The van der Waals surface area contributed by atoms with Gasteiger partial charge in [0.15, 0.2) is 0 Å². The van der Waals surface area contributed by atoms with Gasteiger partial charge in [0, 0.05) is 61.0 Å². The van der Waals surface area contributed by atoms with Gasteiger partial charge in [-0.05, 0) is 79.1 Å². The number of hydrogen-bond acceptors (Lipinski definition) is 4. The number of nitrogens with zero attached hydrogens (tertiary/aromatic N) is 3. The largest absolute Gasteiger partial charge is 0.406 e. The SMILES string of the molecule is C[C@@H]1C[C@@H](CCN(C)Oc2cc(Cl)cc(CCI)c2)c2ccc(N3CCN(C)CC3)cc21. The van der Waals surface area contributed by atoms with Crippen LogP contribution in [0.4, 0.5) is 5.69 Å². The van der Waals surface area contributed by atoms with E-state index in [2.05, 4.69) is 70.6 Å². The normalized spacial score (nSPS) is 21.2. The smallest absolute Gasteiger partial charge is 0.149 e. The maximum absolute atomic E-state index is 6.29. The molecule has 0 bridgehead atoms. The summed E-state index contributed by atoms with van der Waals surface area (Å²) in [6, 6.07) is 13.2. The van der Waals surface area contributed by atoms with Crippen molar-refractivity contribution in [1.29, 1.82) is 0 Å². The summed E-state index contributed by atoms with van der Waals surface area (Å²) in [6.45, 7) is 7.82. The Balaban J connectivity index is 1.36. The predicted octanol–water partition coefficient (Wildman–Crippen LogP) is 5.98. The first-order chi connectivity index (χ1) is 15.4. The van der Waals surface area contributed by atoms with Crippen molar-refractivity contribution >= 4 is 39.9 Å². The lowest BCUT2D eigenvalue weighted by atomic mass is 9.97. The molecule has 2 atom stereocenters. The second-order valence-electron chi connectivity index (χ2n) is 9.40. The number of alkyl halides is 1. The molecule has 0 amide bonds. The van der Waals surface area contributed by atoms with Crippen molar-refractivity contribution in [3.8, 4) is 5.75 Å². The molecule has 0 radical (unpaired) electrons. The zero-order valence-corrected chi connectivity index (χ0v) is 22.4. The van der Waals surface area contributed by atoms with Crippen LogP contribution in [0.15, 0.2) is 36.4 Å². The molecule has 1 aliphatic carbocycles. The molecule has 0 unspecified atom stereocenters. The lowest BCUT2D eigenvalue weighted by Crippen LogP contribution is -2.44. The molecule has 2 aliphatic rings. The monoisotopic (exact) mass is 567 g/mol. The summed E-state index contributed by atoms with van der Waals surface area (Å²) in [7, 11) is 4.23. The third-order valence-corrected chi connectivity index (χ3v) is 7.67. The fraction of sp³-hybridized carbons (Fsp3) is 0.538. The molecule has 0 N–H and O–H groups in total. The lowest BCUT2D eigenvalue weighted by molar-refractivity contribution is -0.0338. The number of halogens is 2. The molecule has 1 heterocycles. The van der Waals surface area contributed by atoms with Crippen LogP contribution in [0, 0.1) is 0 Å². The van der Waals surface area contributed by atoms with Gasteiger partial charge in [0.1, 0.15) is 5.75 Å². The first-order valence-electron chi connectivity index (χ1n) is 11.7. The predicted molar refractivity (Wildman–Crippen MR) is 144 cm³/mol. The highest BCUT2D eigenvalue weighted by molar-refractivity contribution is 14.1. The van der Waals surface area contributed by atoms with E-state index in [4.69, 9.17) is 16.4 Å². The minimum absolute atomic E-state index is 0.599. The molecule has 0 aromatic heterocycles. The second-order valence-corrected chi connectivity index (χ2v) is 10.9. The summed E-state index contributed by atoms with van der Waals surface area (Å²) < 4.78 is 1.07. The van der Waals surface area contributed by atoms with Gasteiger partial charge in [-0.3, -0.25) is 0 Å². The molecule has 2 aromatic carbocycles. The van der Waals surface area contributed by atoms with Gasteiger partial charge in [-0.25, -0.2) is 0 Å². The van der Waals surface area contributed by atoms with Crippen LogP contribution in [-0.2, 0) is 6.42 Å². The van der Waals surface area contributed by atoms with Crippen LogP contribution in [0.1, 0.15) is 48.3 Å². The highest BCUT2D eigenvalue weighted by Crippen LogP contribution is 2.44. The van der Waals surface area contributed by atoms with Crippen LogP contribution in [0.5, 0.6) is 5.75 Å². The van der Waals surface area contributed by atoms with Crippen molar-refractivity contribution < 1.29 is 4.84 Å². The van der Waals surface area contributed by atoms with E-state index in [0.29, 0.717) is 11.8 Å². The Bertz CT molecular complexity index is 916. The first kappa shape index (κ1) is 24.1. The van der Waals surface area contributed by atoms with Crippen LogP contribution < -0.4 is 9.74 Å². The van der Waals surface area contributed by atoms with E-state index in [9.17, 15) is 0 Å². The zero-order chi connectivity index (χ0) is 22.7. The number of anilines is 1. The highest BCUT2D eigenvalue weighted by atomic mass is 127. The Morgan fingerprint density at radius 3 is 2.62 bits per heavy atom. The summed E-state index contributed by atoms with van der Waals surface area (Å²) in [4.78, 5) is 11.1. The summed E-state index contributed by atoms with van der Waals surface area (Å²) >= 11 is 8.68. The topological polar surface area (TPSA) is 19.0 Å². The summed E-state index contributed by atoms with van der Waals surface area (Å²) in [5.41, 5.74) is 5.71. The van der Waals surface area contributed by atoms with Crippen molar-refractivity contribution in [1.82, 2.24) is 9.96 Å². The molecule has 2 aromatic rings. The van der Waals surface area contributed by atoms with Crippen LogP contribution in [0.3, 0.4) is 0 Å². The van der Waals surface area contributed by atoms with Crippen molar-refractivity contribution in [2.24, 2.45) is 0 Å². The Hall–Kier alpha value is -1.02. The van der Waals surface area contributed by atoms with Gasteiger partial charge >= 0.3 is 0 Å². The van der Waals surface area contributed by atoms with E-state index >= 15 is 0 Å². The first-order valence-corrected chi connectivity index (χ1v) is 13.6. The maximum atomic E-state index is 6.29. The average Bonchev–Trinajstić information content (AvgIpc) is 3.08. The number of hydrogen-bond donors (Lipinski definition) is 0. The van der Waals surface area contributed by atoms with Crippen LogP contribution in [0.2, 0.25) is 5.02 Å². The van der Waals surface area contributed by atoms with Gasteiger partial charge in [0.2, 0.25) is 0 Å². The molecule has 1 fully saturated rings. The zero-order valence-electron chi connectivity index (χ0n) is 19.5. The van der Waals surface area contributed by atoms with Crippen LogP contribution >= 0.6 is 34.2 Å². The van der Waals surface area contributed by atoms with E-state index in [1.54, 1.807) is 5.56 Å². The quantitative estimate of drug-likeness (QED) is 0.222.